The summed E-state index contributed by atoms with van der Waals surface area (Å²) in [7, 11) is 0. The average molecular weight is 493 g/mol. The summed E-state index contributed by atoms with van der Waals surface area (Å²) in [5, 5.41) is 17.8. The van der Waals surface area contributed by atoms with Gasteiger partial charge in [-0.2, -0.15) is 5.10 Å². The average Bonchev–Trinajstić information content (AvgIpc) is 3.53. The van der Waals surface area contributed by atoms with Gasteiger partial charge in [0.15, 0.2) is 0 Å². The lowest BCUT2D eigenvalue weighted by atomic mass is 10.1. The molecule has 192 valence electrons. The molecule has 1 saturated heterocycles. The molecule has 1 saturated carbocycles. The minimum atomic E-state index is -0.203. The maximum absolute atomic E-state index is 13.5. The molecule has 9 heteroatoms. The zero-order chi connectivity index (χ0) is 25.2. The molecule has 3 aromatic rings. The number of carbonyl (C=O) groups is 1. The van der Waals surface area contributed by atoms with Crippen molar-refractivity contribution in [1.82, 2.24) is 25.0 Å². The van der Waals surface area contributed by atoms with Crippen LogP contribution in [0.3, 0.4) is 0 Å². The van der Waals surface area contributed by atoms with Crippen molar-refractivity contribution in [3.63, 3.8) is 0 Å². The number of amides is 1. The molecule has 2 fully saturated rings. The van der Waals surface area contributed by atoms with Crippen LogP contribution in [0.2, 0.25) is 0 Å². The monoisotopic (exact) mass is 492 g/mol. The van der Waals surface area contributed by atoms with Gasteiger partial charge in [-0.05, 0) is 50.5 Å². The Labute approximate surface area is 211 Å². The van der Waals surface area contributed by atoms with E-state index in [0.717, 1.165) is 66.9 Å². The predicted octanol–water partition coefficient (Wildman–Crippen LogP) is 2.50. The van der Waals surface area contributed by atoms with Gasteiger partial charge in [-0.25, -0.2) is 0 Å². The van der Waals surface area contributed by atoms with Crippen LogP contribution in [-0.2, 0) is 6.54 Å². The molecule has 0 unspecified atom stereocenters. The van der Waals surface area contributed by atoms with Crippen molar-refractivity contribution in [3.8, 4) is 0 Å². The SMILES string of the molecule is Cc1cc(C)c(CNC(=O)c2cc(N3CCN(CCO)CC3)cc3c2cnn3C2CCCC2)c(=O)[nH]1. The van der Waals surface area contributed by atoms with Crippen LogP contribution in [0.5, 0.6) is 0 Å². The van der Waals surface area contributed by atoms with Crippen LogP contribution in [0.25, 0.3) is 10.9 Å². The molecule has 0 atom stereocenters. The largest absolute Gasteiger partial charge is 0.395 e. The third-order valence-electron chi connectivity index (χ3n) is 7.69. The van der Waals surface area contributed by atoms with Crippen molar-refractivity contribution in [2.45, 2.75) is 52.1 Å². The number of nitrogens with one attached hydrogen (secondary N) is 2. The highest BCUT2D eigenvalue weighted by molar-refractivity contribution is 6.07. The molecule has 0 spiro atoms. The van der Waals surface area contributed by atoms with Gasteiger partial charge in [0, 0.05) is 61.6 Å². The van der Waals surface area contributed by atoms with Crippen molar-refractivity contribution in [2.75, 3.05) is 44.2 Å². The molecule has 2 aromatic heterocycles. The number of aryl methyl sites for hydroxylation is 2. The van der Waals surface area contributed by atoms with E-state index < -0.39 is 0 Å². The number of anilines is 1. The zero-order valence-electron chi connectivity index (χ0n) is 21.2. The van der Waals surface area contributed by atoms with Crippen molar-refractivity contribution < 1.29 is 9.90 Å². The Hall–Kier alpha value is -3.17. The number of aliphatic hydroxyl groups is 1. The summed E-state index contributed by atoms with van der Waals surface area (Å²) in [5.74, 6) is -0.203. The molecule has 2 aliphatic rings. The van der Waals surface area contributed by atoms with E-state index in [2.05, 4.69) is 30.8 Å². The molecule has 1 aliphatic carbocycles. The summed E-state index contributed by atoms with van der Waals surface area (Å²) in [5.41, 5.74) is 4.67. The first-order valence-corrected chi connectivity index (χ1v) is 13.0. The smallest absolute Gasteiger partial charge is 0.253 e. The number of hydrogen-bond acceptors (Lipinski definition) is 6. The number of aromatic nitrogens is 3. The molecule has 3 N–H and O–H groups in total. The van der Waals surface area contributed by atoms with Crippen LogP contribution in [0.4, 0.5) is 5.69 Å². The summed E-state index contributed by atoms with van der Waals surface area (Å²) in [6, 6.07) is 6.42. The zero-order valence-corrected chi connectivity index (χ0v) is 21.2. The first-order chi connectivity index (χ1) is 17.4. The Morgan fingerprint density at radius 1 is 1.14 bits per heavy atom. The van der Waals surface area contributed by atoms with Gasteiger partial charge in [0.2, 0.25) is 0 Å². The highest BCUT2D eigenvalue weighted by atomic mass is 16.3. The normalized spacial score (nSPS) is 17.2. The number of nitrogens with zero attached hydrogens (tertiary/aromatic N) is 4. The van der Waals surface area contributed by atoms with E-state index in [1.807, 2.05) is 32.2 Å². The van der Waals surface area contributed by atoms with E-state index in [1.54, 1.807) is 0 Å². The lowest BCUT2D eigenvalue weighted by Gasteiger charge is -2.36. The predicted molar refractivity (Wildman–Crippen MR) is 141 cm³/mol. The van der Waals surface area contributed by atoms with Gasteiger partial charge in [-0.3, -0.25) is 19.2 Å². The van der Waals surface area contributed by atoms with E-state index in [4.69, 9.17) is 5.10 Å². The van der Waals surface area contributed by atoms with Crippen LogP contribution in [0.1, 0.15) is 58.9 Å². The fraction of sp³-hybridized carbons (Fsp3) is 0.519. The Bertz CT molecular complexity index is 1300. The number of fused-ring (bicyclic) bond motifs is 1. The molecule has 3 heterocycles. The van der Waals surface area contributed by atoms with Crippen LogP contribution in [-0.4, -0.2) is 70.0 Å². The van der Waals surface area contributed by atoms with Crippen molar-refractivity contribution >= 4 is 22.5 Å². The van der Waals surface area contributed by atoms with Crippen LogP contribution < -0.4 is 15.8 Å². The van der Waals surface area contributed by atoms with Gasteiger partial charge in [-0.15, -0.1) is 0 Å². The van der Waals surface area contributed by atoms with Gasteiger partial charge in [-0.1, -0.05) is 12.8 Å². The van der Waals surface area contributed by atoms with Crippen LogP contribution in [0.15, 0.2) is 29.2 Å². The number of H-pyrrole nitrogens is 1. The number of aliphatic hydroxyl groups excluding tert-OH is 1. The molecular weight excluding hydrogens is 456 g/mol. The number of aromatic amines is 1. The Balaban J connectivity index is 1.46. The second kappa shape index (κ2) is 10.4. The molecular formula is C27H36N6O3. The topological polar surface area (TPSA) is 106 Å². The molecule has 0 radical (unpaired) electrons. The standard InChI is InChI=1S/C27H36N6O3/c1-18-13-19(2)30-27(36)23(18)16-28-26(35)22-14-21(32-9-7-31(8-10-32)11-12-34)15-25-24(22)17-29-33(25)20-5-3-4-6-20/h13-15,17,20,34H,3-12,16H2,1-2H3,(H,28,35)(H,30,36). The fourth-order valence-corrected chi connectivity index (χ4v) is 5.68. The minimum absolute atomic E-state index is 0.165. The van der Waals surface area contributed by atoms with E-state index in [-0.39, 0.29) is 24.6 Å². The number of pyridine rings is 1. The highest BCUT2D eigenvalue weighted by Crippen LogP contribution is 2.34. The number of hydrogen-bond donors (Lipinski definition) is 3. The second-order valence-electron chi connectivity index (χ2n) is 10.1. The van der Waals surface area contributed by atoms with Crippen molar-refractivity contribution in [3.05, 3.63) is 57.1 Å². The van der Waals surface area contributed by atoms with Gasteiger partial charge in [0.05, 0.1) is 29.9 Å². The van der Waals surface area contributed by atoms with E-state index >= 15 is 0 Å². The number of rotatable bonds is 7. The van der Waals surface area contributed by atoms with E-state index in [9.17, 15) is 14.7 Å². The number of benzene rings is 1. The molecule has 0 bridgehead atoms. The Kier molecular flexibility index (Phi) is 7.11. The van der Waals surface area contributed by atoms with E-state index in [0.29, 0.717) is 23.7 Å². The van der Waals surface area contributed by atoms with Gasteiger partial charge >= 0.3 is 0 Å². The molecule has 36 heavy (non-hydrogen) atoms. The molecule has 5 rings (SSSR count). The summed E-state index contributed by atoms with van der Waals surface area (Å²) in [6.07, 6.45) is 6.44. The molecule has 9 nitrogen and oxygen atoms in total. The van der Waals surface area contributed by atoms with Crippen LogP contribution >= 0.6 is 0 Å². The van der Waals surface area contributed by atoms with Gasteiger partial charge < -0.3 is 20.3 Å². The first-order valence-electron chi connectivity index (χ1n) is 13.0. The molecule has 1 amide bonds. The van der Waals surface area contributed by atoms with Gasteiger partial charge in [0.1, 0.15) is 0 Å². The molecule has 1 aliphatic heterocycles. The van der Waals surface area contributed by atoms with Crippen molar-refractivity contribution in [1.29, 1.82) is 0 Å². The number of piperazine rings is 1. The number of carbonyl (C=O) groups excluding carboxylic acids is 1. The Morgan fingerprint density at radius 2 is 1.89 bits per heavy atom. The number of β-amino-alcohol motifs (C(OH)–C–C–N with tert-alkyl or cyclic N) is 1. The Morgan fingerprint density at radius 3 is 2.58 bits per heavy atom. The van der Waals surface area contributed by atoms with Crippen molar-refractivity contribution in [2.24, 2.45) is 0 Å². The summed E-state index contributed by atoms with van der Waals surface area (Å²) in [6.45, 7) is 8.18. The fourth-order valence-electron chi connectivity index (χ4n) is 5.68. The second-order valence-corrected chi connectivity index (χ2v) is 10.1. The third-order valence-corrected chi connectivity index (χ3v) is 7.69. The van der Waals surface area contributed by atoms with E-state index in [1.165, 1.54) is 12.8 Å². The third kappa shape index (κ3) is 4.90. The highest BCUT2D eigenvalue weighted by Gasteiger charge is 2.25. The summed E-state index contributed by atoms with van der Waals surface area (Å²) < 4.78 is 2.11. The lowest BCUT2D eigenvalue weighted by molar-refractivity contribution is 0.0952. The summed E-state index contributed by atoms with van der Waals surface area (Å²) >= 11 is 0. The van der Waals surface area contributed by atoms with Crippen LogP contribution in [0, 0.1) is 13.8 Å². The maximum Gasteiger partial charge on any atom is 0.253 e. The lowest BCUT2D eigenvalue weighted by Crippen LogP contribution is -2.47. The molecule has 1 aromatic carbocycles. The van der Waals surface area contributed by atoms with Gasteiger partial charge in [0.25, 0.3) is 11.5 Å². The first kappa shape index (κ1) is 24.5. The quantitative estimate of drug-likeness (QED) is 0.468. The maximum atomic E-state index is 13.5. The summed E-state index contributed by atoms with van der Waals surface area (Å²) in [4.78, 5) is 33.4. The minimum Gasteiger partial charge on any atom is -0.395 e.